The molecule has 19 heavy (non-hydrogen) atoms. The summed E-state index contributed by atoms with van der Waals surface area (Å²) in [6.07, 6.45) is 6.61. The summed E-state index contributed by atoms with van der Waals surface area (Å²) in [5.41, 5.74) is 9.49. The molecular formula is C17H26N2. The van der Waals surface area contributed by atoms with Crippen molar-refractivity contribution >= 4 is 0 Å². The lowest BCUT2D eigenvalue weighted by molar-refractivity contribution is 0.0742. The summed E-state index contributed by atoms with van der Waals surface area (Å²) >= 11 is 0. The molecule has 1 aromatic rings. The lowest BCUT2D eigenvalue weighted by atomic mass is 9.88. The number of hydrogen-bond acceptors (Lipinski definition) is 2. The Hall–Kier alpha value is -0.860. The van der Waals surface area contributed by atoms with Crippen molar-refractivity contribution < 1.29 is 0 Å². The van der Waals surface area contributed by atoms with Gasteiger partial charge in [0.1, 0.15) is 0 Å². The molecule has 1 saturated carbocycles. The van der Waals surface area contributed by atoms with Crippen LogP contribution in [0.4, 0.5) is 0 Å². The Balaban J connectivity index is 1.80. The Morgan fingerprint density at radius 3 is 2.47 bits per heavy atom. The van der Waals surface area contributed by atoms with Crippen molar-refractivity contribution in [2.24, 2.45) is 11.7 Å². The Kier molecular flexibility index (Phi) is 3.64. The van der Waals surface area contributed by atoms with Gasteiger partial charge in [-0.1, -0.05) is 44.0 Å². The zero-order chi connectivity index (χ0) is 13.3. The summed E-state index contributed by atoms with van der Waals surface area (Å²) in [5.74, 6) is 0.874. The maximum Gasteiger partial charge on any atom is 0.0338 e. The van der Waals surface area contributed by atoms with Gasteiger partial charge in [-0.2, -0.15) is 0 Å². The third-order valence-electron chi connectivity index (χ3n) is 5.33. The van der Waals surface area contributed by atoms with Crippen LogP contribution < -0.4 is 5.73 Å². The van der Waals surface area contributed by atoms with Crippen molar-refractivity contribution in [3.05, 3.63) is 35.4 Å². The normalized spacial score (nSPS) is 32.0. The van der Waals surface area contributed by atoms with Crippen LogP contribution in [-0.4, -0.2) is 17.0 Å². The first-order valence-electron chi connectivity index (χ1n) is 7.75. The third kappa shape index (κ3) is 2.44. The largest absolute Gasteiger partial charge is 0.329 e. The van der Waals surface area contributed by atoms with E-state index in [-0.39, 0.29) is 5.54 Å². The molecule has 2 aliphatic rings. The van der Waals surface area contributed by atoms with Crippen LogP contribution in [0.5, 0.6) is 0 Å². The minimum Gasteiger partial charge on any atom is -0.329 e. The molecule has 2 unspecified atom stereocenters. The Labute approximate surface area is 117 Å². The summed E-state index contributed by atoms with van der Waals surface area (Å²) in [5, 5.41) is 0. The van der Waals surface area contributed by atoms with Gasteiger partial charge in [0.2, 0.25) is 0 Å². The Morgan fingerprint density at radius 2 is 1.84 bits per heavy atom. The van der Waals surface area contributed by atoms with Gasteiger partial charge in [-0.3, -0.25) is 4.90 Å². The molecule has 2 nitrogen and oxygen atoms in total. The van der Waals surface area contributed by atoms with Crippen LogP contribution in [-0.2, 0) is 13.1 Å². The molecule has 1 heterocycles. The minimum absolute atomic E-state index is 0.254. The van der Waals surface area contributed by atoms with Gasteiger partial charge < -0.3 is 5.73 Å². The molecule has 1 fully saturated rings. The van der Waals surface area contributed by atoms with Gasteiger partial charge in [0.05, 0.1) is 0 Å². The zero-order valence-corrected chi connectivity index (χ0v) is 12.1. The number of rotatable bonds is 2. The number of fused-ring (bicyclic) bond motifs is 1. The van der Waals surface area contributed by atoms with E-state index in [4.69, 9.17) is 5.73 Å². The molecule has 0 aromatic heterocycles. The molecule has 0 radical (unpaired) electrons. The van der Waals surface area contributed by atoms with E-state index in [0.717, 1.165) is 25.6 Å². The monoisotopic (exact) mass is 258 g/mol. The number of benzene rings is 1. The second-order valence-corrected chi connectivity index (χ2v) is 6.59. The van der Waals surface area contributed by atoms with Crippen molar-refractivity contribution in [1.82, 2.24) is 4.90 Å². The highest BCUT2D eigenvalue weighted by Crippen LogP contribution is 2.38. The molecule has 2 atom stereocenters. The van der Waals surface area contributed by atoms with Gasteiger partial charge in [0, 0.05) is 25.2 Å². The molecule has 0 amide bonds. The van der Waals surface area contributed by atoms with E-state index >= 15 is 0 Å². The molecule has 2 N–H and O–H groups in total. The van der Waals surface area contributed by atoms with Crippen LogP contribution >= 0.6 is 0 Å². The van der Waals surface area contributed by atoms with E-state index in [9.17, 15) is 0 Å². The van der Waals surface area contributed by atoms with E-state index in [1.165, 1.54) is 43.2 Å². The van der Waals surface area contributed by atoms with E-state index in [1.54, 1.807) is 0 Å². The van der Waals surface area contributed by atoms with Gasteiger partial charge in [-0.05, 0) is 36.3 Å². The topological polar surface area (TPSA) is 29.3 Å². The maximum absolute atomic E-state index is 6.23. The lowest BCUT2D eigenvalue weighted by Crippen LogP contribution is -2.51. The highest BCUT2D eigenvalue weighted by molar-refractivity contribution is 5.31. The highest BCUT2D eigenvalue weighted by Gasteiger charge is 2.39. The first-order chi connectivity index (χ1) is 9.23. The van der Waals surface area contributed by atoms with E-state index in [1.807, 2.05) is 0 Å². The molecule has 0 saturated heterocycles. The van der Waals surface area contributed by atoms with E-state index < -0.39 is 0 Å². The minimum atomic E-state index is 0.254. The molecular weight excluding hydrogens is 232 g/mol. The SMILES string of the molecule is CC1CCCC(CN)(N2Cc3ccccc3C2)CC1. The smallest absolute Gasteiger partial charge is 0.0338 e. The fraction of sp³-hybridized carbons (Fsp3) is 0.647. The van der Waals surface area contributed by atoms with Crippen molar-refractivity contribution in [3.8, 4) is 0 Å². The average molecular weight is 258 g/mol. The molecule has 104 valence electrons. The van der Waals surface area contributed by atoms with Crippen molar-refractivity contribution in [1.29, 1.82) is 0 Å². The van der Waals surface area contributed by atoms with Crippen LogP contribution in [0.1, 0.15) is 50.2 Å². The van der Waals surface area contributed by atoms with Gasteiger partial charge >= 0.3 is 0 Å². The summed E-state index contributed by atoms with van der Waals surface area (Å²) < 4.78 is 0. The summed E-state index contributed by atoms with van der Waals surface area (Å²) in [6.45, 7) is 5.41. The first-order valence-corrected chi connectivity index (χ1v) is 7.75. The molecule has 1 aromatic carbocycles. The second kappa shape index (κ2) is 5.26. The molecule has 1 aliphatic carbocycles. The van der Waals surface area contributed by atoms with Gasteiger partial charge in [0.25, 0.3) is 0 Å². The van der Waals surface area contributed by atoms with Crippen LogP contribution in [0.25, 0.3) is 0 Å². The maximum atomic E-state index is 6.23. The number of hydrogen-bond donors (Lipinski definition) is 1. The quantitative estimate of drug-likeness (QED) is 0.825. The molecule has 0 spiro atoms. The van der Waals surface area contributed by atoms with E-state index in [0.29, 0.717) is 0 Å². The number of nitrogens with two attached hydrogens (primary N) is 1. The fourth-order valence-electron chi connectivity index (χ4n) is 3.88. The highest BCUT2D eigenvalue weighted by atomic mass is 15.2. The van der Waals surface area contributed by atoms with Gasteiger partial charge in [0.15, 0.2) is 0 Å². The van der Waals surface area contributed by atoms with Gasteiger partial charge in [-0.25, -0.2) is 0 Å². The van der Waals surface area contributed by atoms with Crippen LogP contribution in [0.2, 0.25) is 0 Å². The summed E-state index contributed by atoms with van der Waals surface area (Å²) in [4.78, 5) is 2.66. The van der Waals surface area contributed by atoms with Crippen molar-refractivity contribution in [2.45, 2.75) is 57.7 Å². The van der Waals surface area contributed by atoms with Crippen LogP contribution in [0, 0.1) is 5.92 Å². The average Bonchev–Trinajstić information content (AvgIpc) is 2.77. The summed E-state index contributed by atoms with van der Waals surface area (Å²) in [7, 11) is 0. The second-order valence-electron chi connectivity index (χ2n) is 6.59. The lowest BCUT2D eigenvalue weighted by Gasteiger charge is -2.41. The molecule has 3 rings (SSSR count). The predicted molar refractivity (Wildman–Crippen MR) is 79.7 cm³/mol. The number of nitrogens with zero attached hydrogens (tertiary/aromatic N) is 1. The Bertz CT molecular complexity index is 418. The molecule has 2 heteroatoms. The standard InChI is InChI=1S/C17H26N2/c1-14-5-4-9-17(13-18,10-8-14)19-11-15-6-2-3-7-16(15)12-19/h2-3,6-7,14H,4-5,8-13,18H2,1H3. The van der Waals surface area contributed by atoms with Crippen molar-refractivity contribution in [3.63, 3.8) is 0 Å². The predicted octanol–water partition coefficient (Wildman–Crippen LogP) is 3.30. The first kappa shape index (κ1) is 13.1. The van der Waals surface area contributed by atoms with Crippen LogP contribution in [0.3, 0.4) is 0 Å². The molecule has 0 bridgehead atoms. The van der Waals surface area contributed by atoms with E-state index in [2.05, 4.69) is 36.1 Å². The zero-order valence-electron chi connectivity index (χ0n) is 12.1. The van der Waals surface area contributed by atoms with Gasteiger partial charge in [-0.15, -0.1) is 0 Å². The summed E-state index contributed by atoms with van der Waals surface area (Å²) in [6, 6.07) is 8.87. The van der Waals surface area contributed by atoms with Crippen LogP contribution in [0.15, 0.2) is 24.3 Å². The fourth-order valence-corrected chi connectivity index (χ4v) is 3.88. The van der Waals surface area contributed by atoms with Crippen molar-refractivity contribution in [2.75, 3.05) is 6.54 Å². The third-order valence-corrected chi connectivity index (χ3v) is 5.33. The molecule has 1 aliphatic heterocycles. The Morgan fingerprint density at radius 1 is 1.16 bits per heavy atom.